The van der Waals surface area contributed by atoms with Gasteiger partial charge < -0.3 is 5.32 Å². The highest BCUT2D eigenvalue weighted by Gasteiger charge is 2.12. The molecule has 1 aromatic heterocycles. The van der Waals surface area contributed by atoms with Crippen LogP contribution in [0.25, 0.3) is 22.4 Å². The van der Waals surface area contributed by atoms with Crippen LogP contribution in [0.3, 0.4) is 0 Å². The minimum absolute atomic E-state index is 0.277. The van der Waals surface area contributed by atoms with E-state index in [1.807, 2.05) is 36.4 Å². The minimum atomic E-state index is -0.277. The summed E-state index contributed by atoms with van der Waals surface area (Å²) in [5.74, 6) is 0.944. The summed E-state index contributed by atoms with van der Waals surface area (Å²) >= 11 is 0. The third-order valence-electron chi connectivity index (χ3n) is 3.70. The number of nitrogens with zero attached hydrogens (tertiary/aromatic N) is 2. The Morgan fingerprint density at radius 3 is 2.33 bits per heavy atom. The predicted molar refractivity (Wildman–Crippen MR) is 96.2 cm³/mol. The molecule has 4 heteroatoms. The molecule has 0 spiro atoms. The van der Waals surface area contributed by atoms with Crippen LogP contribution in [0.1, 0.15) is 13.8 Å². The second-order valence-corrected chi connectivity index (χ2v) is 6.09. The summed E-state index contributed by atoms with van der Waals surface area (Å²) in [6.07, 6.45) is 3.25. The standard InChI is InChI=1S/C20H20FN3/c1-14(2)11-23-19-13-22-18(12-24-19)17-10-6-9-16(20(17)21)15-7-4-3-5-8-15/h3-10,12-14H,11H2,1-2H3,(H,23,24). The molecule has 0 bridgehead atoms. The Kier molecular flexibility index (Phi) is 4.85. The summed E-state index contributed by atoms with van der Waals surface area (Å²) in [6.45, 7) is 5.07. The molecule has 3 nitrogen and oxygen atoms in total. The van der Waals surface area contributed by atoms with Gasteiger partial charge in [-0.1, -0.05) is 56.3 Å². The van der Waals surface area contributed by atoms with E-state index in [1.165, 1.54) is 0 Å². The lowest BCUT2D eigenvalue weighted by Gasteiger charge is -2.10. The average molecular weight is 321 g/mol. The van der Waals surface area contributed by atoms with Gasteiger partial charge in [-0.3, -0.25) is 4.98 Å². The SMILES string of the molecule is CC(C)CNc1cnc(-c2cccc(-c3ccccc3)c2F)cn1. The maximum Gasteiger partial charge on any atom is 0.144 e. The molecule has 3 rings (SSSR count). The van der Waals surface area contributed by atoms with Crippen LogP contribution in [0.15, 0.2) is 60.9 Å². The van der Waals surface area contributed by atoms with E-state index in [1.54, 1.807) is 24.5 Å². The van der Waals surface area contributed by atoms with Crippen molar-refractivity contribution < 1.29 is 4.39 Å². The first kappa shape index (κ1) is 16.1. The fraction of sp³-hybridized carbons (Fsp3) is 0.200. The van der Waals surface area contributed by atoms with Crippen molar-refractivity contribution in [2.45, 2.75) is 13.8 Å². The van der Waals surface area contributed by atoms with E-state index in [-0.39, 0.29) is 5.82 Å². The first-order valence-corrected chi connectivity index (χ1v) is 8.05. The first-order chi connectivity index (χ1) is 11.6. The number of aromatic nitrogens is 2. The summed E-state index contributed by atoms with van der Waals surface area (Å²) in [7, 11) is 0. The van der Waals surface area contributed by atoms with Gasteiger partial charge in [-0.25, -0.2) is 9.37 Å². The summed E-state index contributed by atoms with van der Waals surface area (Å²) in [4.78, 5) is 8.69. The molecule has 0 radical (unpaired) electrons. The van der Waals surface area contributed by atoms with Crippen LogP contribution in [0.2, 0.25) is 0 Å². The summed E-state index contributed by atoms with van der Waals surface area (Å²) in [5, 5.41) is 3.21. The molecule has 1 heterocycles. The largest absolute Gasteiger partial charge is 0.369 e. The zero-order valence-electron chi connectivity index (χ0n) is 13.8. The van der Waals surface area contributed by atoms with Crippen molar-refractivity contribution >= 4 is 5.82 Å². The number of rotatable bonds is 5. The highest BCUT2D eigenvalue weighted by atomic mass is 19.1. The van der Waals surface area contributed by atoms with Gasteiger partial charge in [0.15, 0.2) is 0 Å². The van der Waals surface area contributed by atoms with Gasteiger partial charge >= 0.3 is 0 Å². The molecule has 0 saturated carbocycles. The topological polar surface area (TPSA) is 37.8 Å². The van der Waals surface area contributed by atoms with Crippen molar-refractivity contribution in [1.82, 2.24) is 9.97 Å². The highest BCUT2D eigenvalue weighted by Crippen LogP contribution is 2.29. The molecular weight excluding hydrogens is 301 g/mol. The van der Waals surface area contributed by atoms with Crippen molar-refractivity contribution in [1.29, 1.82) is 0 Å². The average Bonchev–Trinajstić information content (AvgIpc) is 2.61. The zero-order chi connectivity index (χ0) is 16.9. The molecule has 122 valence electrons. The molecule has 0 saturated heterocycles. The summed E-state index contributed by atoms with van der Waals surface area (Å²) in [6, 6.07) is 14.9. The molecule has 0 aliphatic heterocycles. The fourth-order valence-corrected chi connectivity index (χ4v) is 2.44. The monoisotopic (exact) mass is 321 g/mol. The van der Waals surface area contributed by atoms with Crippen LogP contribution >= 0.6 is 0 Å². The van der Waals surface area contributed by atoms with Gasteiger partial charge in [-0.15, -0.1) is 0 Å². The van der Waals surface area contributed by atoms with Crippen LogP contribution in [0.5, 0.6) is 0 Å². The van der Waals surface area contributed by atoms with Crippen molar-refractivity contribution in [3.63, 3.8) is 0 Å². The van der Waals surface area contributed by atoms with Gasteiger partial charge in [-0.05, 0) is 17.5 Å². The lowest BCUT2D eigenvalue weighted by atomic mass is 10.0. The highest BCUT2D eigenvalue weighted by molar-refractivity contribution is 5.72. The van der Waals surface area contributed by atoms with E-state index < -0.39 is 0 Å². The van der Waals surface area contributed by atoms with E-state index in [9.17, 15) is 4.39 Å². The summed E-state index contributed by atoms with van der Waals surface area (Å²) < 4.78 is 14.9. The van der Waals surface area contributed by atoms with E-state index in [2.05, 4.69) is 29.1 Å². The second kappa shape index (κ2) is 7.21. The lowest BCUT2D eigenvalue weighted by Crippen LogP contribution is -2.09. The van der Waals surface area contributed by atoms with Gasteiger partial charge in [0.05, 0.1) is 18.1 Å². The number of halogens is 1. The van der Waals surface area contributed by atoms with E-state index >= 15 is 0 Å². The Labute approximate surface area is 141 Å². The normalized spacial score (nSPS) is 10.8. The van der Waals surface area contributed by atoms with Crippen molar-refractivity contribution in [2.24, 2.45) is 5.92 Å². The Balaban J connectivity index is 1.90. The predicted octanol–water partition coefficient (Wildman–Crippen LogP) is 5.02. The Morgan fingerprint density at radius 2 is 1.67 bits per heavy atom. The maximum atomic E-state index is 14.9. The molecular formula is C20H20FN3. The molecule has 0 aliphatic carbocycles. The molecule has 0 fully saturated rings. The van der Waals surface area contributed by atoms with Crippen LogP contribution in [-0.4, -0.2) is 16.5 Å². The number of hydrogen-bond acceptors (Lipinski definition) is 3. The number of anilines is 1. The lowest BCUT2D eigenvalue weighted by molar-refractivity contribution is 0.634. The van der Waals surface area contributed by atoms with Crippen LogP contribution < -0.4 is 5.32 Å². The Morgan fingerprint density at radius 1 is 0.917 bits per heavy atom. The van der Waals surface area contributed by atoms with Crippen molar-refractivity contribution in [2.75, 3.05) is 11.9 Å². The van der Waals surface area contributed by atoms with Crippen LogP contribution in [-0.2, 0) is 0 Å². The molecule has 3 aromatic rings. The van der Waals surface area contributed by atoms with Gasteiger partial charge in [0, 0.05) is 17.7 Å². The third-order valence-corrected chi connectivity index (χ3v) is 3.70. The molecule has 0 amide bonds. The molecule has 0 atom stereocenters. The Hall–Kier alpha value is -2.75. The number of benzene rings is 2. The second-order valence-electron chi connectivity index (χ2n) is 6.09. The van der Waals surface area contributed by atoms with Gasteiger partial charge in [0.25, 0.3) is 0 Å². The van der Waals surface area contributed by atoms with Crippen molar-refractivity contribution in [3.8, 4) is 22.4 Å². The quantitative estimate of drug-likeness (QED) is 0.717. The molecule has 1 N–H and O–H groups in total. The number of nitrogens with one attached hydrogen (secondary N) is 1. The molecule has 0 aliphatic rings. The maximum absolute atomic E-state index is 14.9. The Bertz CT molecular complexity index is 799. The van der Waals surface area contributed by atoms with E-state index in [0.717, 1.165) is 12.1 Å². The zero-order valence-corrected chi connectivity index (χ0v) is 13.8. The smallest absolute Gasteiger partial charge is 0.144 e. The molecule has 2 aromatic carbocycles. The van der Waals surface area contributed by atoms with Gasteiger partial charge in [0.2, 0.25) is 0 Å². The van der Waals surface area contributed by atoms with E-state index in [4.69, 9.17) is 0 Å². The third kappa shape index (κ3) is 3.59. The molecule has 24 heavy (non-hydrogen) atoms. The van der Waals surface area contributed by atoms with E-state index in [0.29, 0.717) is 28.6 Å². The number of hydrogen-bond donors (Lipinski definition) is 1. The van der Waals surface area contributed by atoms with Crippen LogP contribution in [0, 0.1) is 11.7 Å². The van der Waals surface area contributed by atoms with Crippen molar-refractivity contribution in [3.05, 3.63) is 66.7 Å². The van der Waals surface area contributed by atoms with Gasteiger partial charge in [-0.2, -0.15) is 0 Å². The molecule has 0 unspecified atom stereocenters. The first-order valence-electron chi connectivity index (χ1n) is 8.05. The van der Waals surface area contributed by atoms with Gasteiger partial charge in [0.1, 0.15) is 11.6 Å². The summed E-state index contributed by atoms with van der Waals surface area (Å²) in [5.41, 5.74) is 2.40. The van der Waals surface area contributed by atoms with Crippen LogP contribution in [0.4, 0.5) is 10.2 Å². The fourth-order valence-electron chi connectivity index (χ4n) is 2.44. The minimum Gasteiger partial charge on any atom is -0.369 e.